The summed E-state index contributed by atoms with van der Waals surface area (Å²) >= 11 is 0. The van der Waals surface area contributed by atoms with Crippen LogP contribution >= 0.6 is 0 Å². The van der Waals surface area contributed by atoms with Crippen LogP contribution in [0.5, 0.6) is 0 Å². The third kappa shape index (κ3) is 6.28. The third-order valence-electron chi connectivity index (χ3n) is 6.10. The number of amides is 1. The molecule has 1 amide bonds. The molecular formula is C26H31F3N4O2. The van der Waals surface area contributed by atoms with Crippen molar-refractivity contribution in [2.45, 2.75) is 58.9 Å². The van der Waals surface area contributed by atoms with E-state index in [0.29, 0.717) is 11.6 Å². The Balaban J connectivity index is 0.000000369. The zero-order valence-electron chi connectivity index (χ0n) is 20.2. The van der Waals surface area contributed by atoms with Crippen molar-refractivity contribution in [3.63, 3.8) is 0 Å². The van der Waals surface area contributed by atoms with Gasteiger partial charge in [0.05, 0.1) is 18.7 Å². The molecule has 1 saturated carbocycles. The topological polar surface area (TPSA) is 71.2 Å². The standard InChI is InChI=1S/C21H20F3NO2.C3H5N3.C2H6/c22-21(23,24)19-10-15(12-26)9-17-18(19)11-25(20(17)27)16-6-2-5-14(8-16)7-13-3-1-4-13;1-6-2-4-5-3-6;1-2/h2,5-6,8-10,13,26H,1,3-4,7,11-12H2;2-3H,1H3;1-2H3. The smallest absolute Gasteiger partial charge is 0.392 e. The number of aliphatic hydroxyl groups excluding tert-OH is 1. The van der Waals surface area contributed by atoms with Crippen molar-refractivity contribution in [1.29, 1.82) is 0 Å². The number of nitrogens with zero attached hydrogens (tertiary/aromatic N) is 4. The number of aryl methyl sites for hydroxylation is 1. The molecule has 2 aliphatic rings. The molecule has 0 unspecified atom stereocenters. The summed E-state index contributed by atoms with van der Waals surface area (Å²) in [6.07, 6.45) is 3.30. The van der Waals surface area contributed by atoms with E-state index in [1.54, 1.807) is 23.3 Å². The predicted molar refractivity (Wildman–Crippen MR) is 128 cm³/mol. The van der Waals surface area contributed by atoms with Crippen LogP contribution in [0, 0.1) is 5.92 Å². The first kappa shape index (κ1) is 26.4. The zero-order valence-corrected chi connectivity index (χ0v) is 20.2. The average molecular weight is 489 g/mol. The van der Waals surface area contributed by atoms with Crippen LogP contribution in [0.2, 0.25) is 0 Å². The first-order valence-electron chi connectivity index (χ1n) is 11.8. The second-order valence-corrected chi connectivity index (χ2v) is 8.51. The lowest BCUT2D eigenvalue weighted by molar-refractivity contribution is -0.138. The van der Waals surface area contributed by atoms with Crippen molar-refractivity contribution in [2.24, 2.45) is 13.0 Å². The largest absolute Gasteiger partial charge is 0.416 e. The second-order valence-electron chi connectivity index (χ2n) is 8.51. The van der Waals surface area contributed by atoms with Crippen LogP contribution < -0.4 is 4.90 Å². The van der Waals surface area contributed by atoms with E-state index in [4.69, 9.17) is 0 Å². The van der Waals surface area contributed by atoms with Gasteiger partial charge < -0.3 is 14.6 Å². The first-order valence-corrected chi connectivity index (χ1v) is 11.8. The molecule has 35 heavy (non-hydrogen) atoms. The van der Waals surface area contributed by atoms with Gasteiger partial charge in [0.1, 0.15) is 12.7 Å². The van der Waals surface area contributed by atoms with Crippen LogP contribution in [0.15, 0.2) is 49.1 Å². The minimum atomic E-state index is -4.57. The number of benzene rings is 2. The number of fused-ring (bicyclic) bond motifs is 1. The molecule has 1 fully saturated rings. The highest BCUT2D eigenvalue weighted by Crippen LogP contribution is 2.40. The minimum Gasteiger partial charge on any atom is -0.392 e. The van der Waals surface area contributed by atoms with Crippen molar-refractivity contribution in [3.05, 3.63) is 76.9 Å². The molecule has 1 aromatic heterocycles. The molecule has 5 rings (SSSR count). The maximum atomic E-state index is 13.5. The summed E-state index contributed by atoms with van der Waals surface area (Å²) in [6, 6.07) is 9.81. The van der Waals surface area contributed by atoms with E-state index < -0.39 is 24.3 Å². The highest BCUT2D eigenvalue weighted by atomic mass is 19.4. The van der Waals surface area contributed by atoms with Gasteiger partial charge >= 0.3 is 6.18 Å². The van der Waals surface area contributed by atoms with E-state index >= 15 is 0 Å². The fourth-order valence-corrected chi connectivity index (χ4v) is 4.15. The molecule has 3 aromatic rings. The van der Waals surface area contributed by atoms with Crippen LogP contribution in [0.1, 0.15) is 65.7 Å². The van der Waals surface area contributed by atoms with Crippen molar-refractivity contribution in [1.82, 2.24) is 14.8 Å². The number of aromatic nitrogens is 3. The number of hydrogen-bond acceptors (Lipinski definition) is 4. The Kier molecular flexibility index (Phi) is 8.67. The first-order chi connectivity index (χ1) is 16.8. The summed E-state index contributed by atoms with van der Waals surface area (Å²) in [6.45, 7) is 3.35. The molecule has 0 spiro atoms. The SMILES string of the molecule is CC.Cn1cnnc1.O=C1c2cc(CO)cc(C(F)(F)F)c2CN1c1cccc(CC2CCC2)c1. The quantitative estimate of drug-likeness (QED) is 0.523. The molecule has 1 N–H and O–H groups in total. The second kappa shape index (κ2) is 11.5. The van der Waals surface area contributed by atoms with Gasteiger partial charge in [0.2, 0.25) is 0 Å². The highest BCUT2D eigenvalue weighted by Gasteiger charge is 2.40. The van der Waals surface area contributed by atoms with Gasteiger partial charge in [-0.2, -0.15) is 13.2 Å². The van der Waals surface area contributed by atoms with Gasteiger partial charge in [0.25, 0.3) is 5.91 Å². The van der Waals surface area contributed by atoms with E-state index in [-0.39, 0.29) is 23.2 Å². The number of rotatable bonds is 4. The number of anilines is 1. The van der Waals surface area contributed by atoms with Gasteiger partial charge in [-0.3, -0.25) is 4.79 Å². The summed E-state index contributed by atoms with van der Waals surface area (Å²) in [5.41, 5.74) is 0.979. The van der Waals surface area contributed by atoms with Gasteiger partial charge in [-0.1, -0.05) is 45.2 Å². The summed E-state index contributed by atoms with van der Waals surface area (Å²) in [7, 11) is 1.88. The van der Waals surface area contributed by atoms with E-state index in [2.05, 4.69) is 10.2 Å². The maximum absolute atomic E-state index is 13.5. The zero-order chi connectivity index (χ0) is 25.6. The predicted octanol–water partition coefficient (Wildman–Crippen LogP) is 5.54. The fraction of sp³-hybridized carbons (Fsp3) is 0.423. The molecule has 2 heterocycles. The van der Waals surface area contributed by atoms with Crippen LogP contribution in [0.4, 0.5) is 18.9 Å². The van der Waals surface area contributed by atoms with Gasteiger partial charge in [0.15, 0.2) is 0 Å². The number of carbonyl (C=O) groups is 1. The molecule has 2 aromatic carbocycles. The Morgan fingerprint density at radius 1 is 1.06 bits per heavy atom. The number of carbonyl (C=O) groups excluding carboxylic acids is 1. The summed E-state index contributed by atoms with van der Waals surface area (Å²) < 4.78 is 42.2. The van der Waals surface area contributed by atoms with Gasteiger partial charge in [-0.05, 0) is 53.3 Å². The molecule has 0 bridgehead atoms. The molecule has 9 heteroatoms. The number of halogens is 3. The van der Waals surface area contributed by atoms with Crippen LogP contribution in [-0.4, -0.2) is 25.8 Å². The number of alkyl halides is 3. The van der Waals surface area contributed by atoms with Crippen LogP contribution in [0.3, 0.4) is 0 Å². The monoisotopic (exact) mass is 488 g/mol. The molecular weight excluding hydrogens is 457 g/mol. The average Bonchev–Trinajstić information content (AvgIpc) is 3.43. The Morgan fingerprint density at radius 3 is 2.26 bits per heavy atom. The molecule has 0 saturated heterocycles. The summed E-state index contributed by atoms with van der Waals surface area (Å²) in [4.78, 5) is 14.2. The van der Waals surface area contributed by atoms with Gasteiger partial charge in [-0.15, -0.1) is 10.2 Å². The van der Waals surface area contributed by atoms with Crippen molar-refractivity contribution in [2.75, 3.05) is 4.90 Å². The Bertz CT molecular complexity index is 1130. The maximum Gasteiger partial charge on any atom is 0.416 e. The molecule has 1 aliphatic heterocycles. The lowest BCUT2D eigenvalue weighted by Crippen LogP contribution is -2.23. The Labute approximate surface area is 203 Å². The van der Waals surface area contributed by atoms with E-state index in [1.165, 1.54) is 30.2 Å². The van der Waals surface area contributed by atoms with Gasteiger partial charge in [-0.25, -0.2) is 0 Å². The van der Waals surface area contributed by atoms with Crippen molar-refractivity contribution in [3.8, 4) is 0 Å². The molecule has 6 nitrogen and oxygen atoms in total. The van der Waals surface area contributed by atoms with E-state index in [1.807, 2.05) is 39.1 Å². The fourth-order valence-electron chi connectivity index (χ4n) is 4.15. The minimum absolute atomic E-state index is 0.0194. The Hall–Kier alpha value is -3.20. The summed E-state index contributed by atoms with van der Waals surface area (Å²) in [5, 5.41) is 16.4. The van der Waals surface area contributed by atoms with Gasteiger partial charge in [0, 0.05) is 18.3 Å². The van der Waals surface area contributed by atoms with Crippen LogP contribution in [-0.2, 0) is 32.8 Å². The van der Waals surface area contributed by atoms with Crippen molar-refractivity contribution >= 4 is 11.6 Å². The Morgan fingerprint density at radius 2 is 1.74 bits per heavy atom. The van der Waals surface area contributed by atoms with Crippen LogP contribution in [0.25, 0.3) is 0 Å². The lowest BCUT2D eigenvalue weighted by Gasteiger charge is -2.26. The molecule has 1 aliphatic carbocycles. The van der Waals surface area contributed by atoms with Crippen molar-refractivity contribution < 1.29 is 23.1 Å². The number of hydrogen-bond donors (Lipinski definition) is 1. The van der Waals surface area contributed by atoms with E-state index in [9.17, 15) is 23.1 Å². The summed E-state index contributed by atoms with van der Waals surface area (Å²) in [5.74, 6) is 0.210. The highest BCUT2D eigenvalue weighted by molar-refractivity contribution is 6.10. The third-order valence-corrected chi connectivity index (χ3v) is 6.10. The number of aliphatic hydroxyl groups is 1. The normalized spacial score (nSPS) is 14.9. The lowest BCUT2D eigenvalue weighted by atomic mass is 9.81. The van der Waals surface area contributed by atoms with E-state index in [0.717, 1.165) is 18.1 Å². The molecule has 0 radical (unpaired) electrons. The molecule has 0 atom stereocenters. The molecule has 188 valence electrons.